The van der Waals surface area contributed by atoms with Gasteiger partial charge < -0.3 is 10.1 Å². The van der Waals surface area contributed by atoms with Gasteiger partial charge in [0.05, 0.1) is 7.11 Å². The van der Waals surface area contributed by atoms with Gasteiger partial charge in [-0.25, -0.2) is 4.98 Å². The Morgan fingerprint density at radius 1 is 1.60 bits per heavy atom. The highest BCUT2D eigenvalue weighted by atomic mass is 16.5. The minimum atomic E-state index is -0.0398. The SMILES string of the molecule is COc1cccnc1NC(=O)CC(C)C. The molecule has 0 radical (unpaired) electrons. The molecule has 0 bridgehead atoms. The zero-order valence-electron chi connectivity index (χ0n) is 9.28. The van der Waals surface area contributed by atoms with E-state index in [1.165, 1.54) is 0 Å². The number of hydrogen-bond donors (Lipinski definition) is 1. The Bertz CT molecular complexity index is 337. The van der Waals surface area contributed by atoms with Crippen molar-refractivity contribution in [2.24, 2.45) is 5.92 Å². The molecule has 0 aromatic carbocycles. The van der Waals surface area contributed by atoms with Crippen LogP contribution in [0.2, 0.25) is 0 Å². The summed E-state index contributed by atoms with van der Waals surface area (Å²) in [6.07, 6.45) is 2.10. The molecule has 0 saturated carbocycles. The molecule has 0 aliphatic carbocycles. The molecule has 0 spiro atoms. The Hall–Kier alpha value is -1.58. The molecule has 0 saturated heterocycles. The molecule has 82 valence electrons. The Labute approximate surface area is 89.7 Å². The van der Waals surface area contributed by atoms with Crippen molar-refractivity contribution < 1.29 is 9.53 Å². The van der Waals surface area contributed by atoms with Crippen molar-refractivity contribution in [2.75, 3.05) is 12.4 Å². The first-order chi connectivity index (χ1) is 7.13. The van der Waals surface area contributed by atoms with E-state index in [0.29, 0.717) is 23.9 Å². The summed E-state index contributed by atoms with van der Waals surface area (Å²) in [5, 5.41) is 2.72. The molecule has 0 aliphatic heterocycles. The normalized spacial score (nSPS) is 10.1. The number of aromatic nitrogens is 1. The molecule has 1 aromatic rings. The number of carbonyl (C=O) groups excluding carboxylic acids is 1. The van der Waals surface area contributed by atoms with Crippen molar-refractivity contribution in [3.05, 3.63) is 18.3 Å². The van der Waals surface area contributed by atoms with E-state index in [1.807, 2.05) is 13.8 Å². The van der Waals surface area contributed by atoms with Gasteiger partial charge in [-0.05, 0) is 18.1 Å². The fourth-order valence-corrected chi connectivity index (χ4v) is 1.20. The number of rotatable bonds is 4. The Kier molecular flexibility index (Phi) is 4.09. The maximum Gasteiger partial charge on any atom is 0.225 e. The second kappa shape index (κ2) is 5.34. The van der Waals surface area contributed by atoms with Gasteiger partial charge in [-0.2, -0.15) is 0 Å². The van der Waals surface area contributed by atoms with Crippen LogP contribution >= 0.6 is 0 Å². The first kappa shape index (κ1) is 11.5. The van der Waals surface area contributed by atoms with Gasteiger partial charge in [0, 0.05) is 12.6 Å². The third-order valence-corrected chi connectivity index (χ3v) is 1.84. The zero-order valence-corrected chi connectivity index (χ0v) is 9.28. The lowest BCUT2D eigenvalue weighted by Gasteiger charge is -2.09. The average Bonchev–Trinajstić information content (AvgIpc) is 2.17. The maximum absolute atomic E-state index is 11.5. The fourth-order valence-electron chi connectivity index (χ4n) is 1.20. The first-order valence-corrected chi connectivity index (χ1v) is 4.92. The number of hydrogen-bond acceptors (Lipinski definition) is 3. The second-order valence-electron chi connectivity index (χ2n) is 3.70. The number of carbonyl (C=O) groups is 1. The molecule has 4 nitrogen and oxygen atoms in total. The molecule has 0 aliphatic rings. The first-order valence-electron chi connectivity index (χ1n) is 4.92. The minimum absolute atomic E-state index is 0.0398. The zero-order chi connectivity index (χ0) is 11.3. The number of ether oxygens (including phenoxy) is 1. The molecule has 0 fully saturated rings. The largest absolute Gasteiger partial charge is 0.493 e. The van der Waals surface area contributed by atoms with E-state index < -0.39 is 0 Å². The summed E-state index contributed by atoms with van der Waals surface area (Å²) in [5.74, 6) is 1.35. The van der Waals surface area contributed by atoms with Gasteiger partial charge in [0.1, 0.15) is 0 Å². The summed E-state index contributed by atoms with van der Waals surface area (Å²) in [6.45, 7) is 3.99. The predicted molar refractivity (Wildman–Crippen MR) is 58.9 cm³/mol. The average molecular weight is 208 g/mol. The van der Waals surface area contributed by atoms with Crippen LogP contribution in [0, 0.1) is 5.92 Å². The molecule has 1 aromatic heterocycles. The Morgan fingerprint density at radius 3 is 2.93 bits per heavy atom. The summed E-state index contributed by atoms with van der Waals surface area (Å²) < 4.78 is 5.07. The molecule has 0 unspecified atom stereocenters. The Balaban J connectivity index is 2.67. The van der Waals surface area contributed by atoms with E-state index in [9.17, 15) is 4.79 Å². The van der Waals surface area contributed by atoms with Crippen molar-refractivity contribution in [3.63, 3.8) is 0 Å². The highest BCUT2D eigenvalue weighted by Crippen LogP contribution is 2.20. The third-order valence-electron chi connectivity index (χ3n) is 1.84. The van der Waals surface area contributed by atoms with Gasteiger partial charge in [0.15, 0.2) is 11.6 Å². The van der Waals surface area contributed by atoms with E-state index in [1.54, 1.807) is 25.4 Å². The maximum atomic E-state index is 11.5. The van der Waals surface area contributed by atoms with Crippen LogP contribution in [0.5, 0.6) is 5.75 Å². The lowest BCUT2D eigenvalue weighted by molar-refractivity contribution is -0.116. The number of nitrogens with zero attached hydrogens (tertiary/aromatic N) is 1. The van der Waals surface area contributed by atoms with E-state index in [4.69, 9.17) is 4.74 Å². The molecule has 4 heteroatoms. The van der Waals surface area contributed by atoms with Gasteiger partial charge in [-0.1, -0.05) is 13.8 Å². The Morgan fingerprint density at radius 2 is 2.33 bits per heavy atom. The number of amides is 1. The summed E-state index contributed by atoms with van der Waals surface area (Å²) in [6, 6.07) is 3.52. The van der Waals surface area contributed by atoms with Crippen LogP contribution < -0.4 is 10.1 Å². The van der Waals surface area contributed by atoms with Crippen LogP contribution in [0.25, 0.3) is 0 Å². The van der Waals surface area contributed by atoms with Crippen LogP contribution in [0.15, 0.2) is 18.3 Å². The highest BCUT2D eigenvalue weighted by Gasteiger charge is 2.09. The van der Waals surface area contributed by atoms with Gasteiger partial charge in [-0.15, -0.1) is 0 Å². The van der Waals surface area contributed by atoms with Crippen LogP contribution in [0.4, 0.5) is 5.82 Å². The lowest BCUT2D eigenvalue weighted by atomic mass is 10.1. The van der Waals surface area contributed by atoms with Crippen LogP contribution in [0.3, 0.4) is 0 Å². The molecule has 0 atom stereocenters. The smallest absolute Gasteiger partial charge is 0.225 e. The van der Waals surface area contributed by atoms with E-state index in [2.05, 4.69) is 10.3 Å². The topological polar surface area (TPSA) is 51.2 Å². The van der Waals surface area contributed by atoms with Crippen molar-refractivity contribution in [2.45, 2.75) is 20.3 Å². The van der Waals surface area contributed by atoms with Crippen molar-refractivity contribution in [1.29, 1.82) is 0 Å². The summed E-state index contributed by atoms with van der Waals surface area (Å²) in [4.78, 5) is 15.5. The van der Waals surface area contributed by atoms with Crippen LogP contribution in [-0.2, 0) is 4.79 Å². The van der Waals surface area contributed by atoms with Crippen molar-refractivity contribution >= 4 is 11.7 Å². The van der Waals surface area contributed by atoms with Crippen molar-refractivity contribution in [3.8, 4) is 5.75 Å². The highest BCUT2D eigenvalue weighted by molar-refractivity contribution is 5.91. The summed E-state index contributed by atoms with van der Waals surface area (Å²) >= 11 is 0. The standard InChI is InChI=1S/C11H16N2O2/c1-8(2)7-10(14)13-11-9(15-3)5-4-6-12-11/h4-6,8H,7H2,1-3H3,(H,12,13,14). The van der Waals surface area contributed by atoms with Gasteiger partial charge in [0.2, 0.25) is 5.91 Å². The van der Waals surface area contributed by atoms with Crippen LogP contribution in [-0.4, -0.2) is 18.0 Å². The van der Waals surface area contributed by atoms with Crippen molar-refractivity contribution in [1.82, 2.24) is 4.98 Å². The predicted octanol–water partition coefficient (Wildman–Crippen LogP) is 2.07. The summed E-state index contributed by atoms with van der Waals surface area (Å²) in [7, 11) is 1.55. The molecule has 1 rings (SSSR count). The minimum Gasteiger partial charge on any atom is -0.493 e. The fraction of sp³-hybridized carbons (Fsp3) is 0.455. The van der Waals surface area contributed by atoms with Gasteiger partial charge in [-0.3, -0.25) is 4.79 Å². The van der Waals surface area contributed by atoms with Gasteiger partial charge in [0.25, 0.3) is 0 Å². The summed E-state index contributed by atoms with van der Waals surface area (Å²) in [5.41, 5.74) is 0. The third kappa shape index (κ3) is 3.58. The lowest BCUT2D eigenvalue weighted by Crippen LogP contribution is -2.15. The number of anilines is 1. The van der Waals surface area contributed by atoms with E-state index in [-0.39, 0.29) is 5.91 Å². The molecule has 1 amide bonds. The molecule has 15 heavy (non-hydrogen) atoms. The molecular formula is C11H16N2O2. The van der Waals surface area contributed by atoms with E-state index in [0.717, 1.165) is 0 Å². The van der Waals surface area contributed by atoms with Crippen LogP contribution in [0.1, 0.15) is 20.3 Å². The monoisotopic (exact) mass is 208 g/mol. The second-order valence-corrected chi connectivity index (χ2v) is 3.70. The molecular weight excluding hydrogens is 192 g/mol. The molecule has 1 heterocycles. The quantitative estimate of drug-likeness (QED) is 0.824. The molecule has 1 N–H and O–H groups in total. The number of methoxy groups -OCH3 is 1. The number of nitrogens with one attached hydrogen (secondary N) is 1. The van der Waals surface area contributed by atoms with E-state index >= 15 is 0 Å². The number of pyridine rings is 1. The van der Waals surface area contributed by atoms with Gasteiger partial charge >= 0.3 is 0 Å².